The fourth-order valence-corrected chi connectivity index (χ4v) is 3.60. The molecule has 0 amide bonds. The van der Waals surface area contributed by atoms with Gasteiger partial charge in [-0.25, -0.2) is 4.98 Å². The van der Waals surface area contributed by atoms with Crippen molar-refractivity contribution in [3.05, 3.63) is 27.2 Å². The monoisotopic (exact) mass is 281 g/mol. The maximum Gasteiger partial charge on any atom is 0.312 e. The van der Waals surface area contributed by atoms with Crippen LogP contribution in [0.15, 0.2) is 11.7 Å². The summed E-state index contributed by atoms with van der Waals surface area (Å²) >= 11 is 3.15. The van der Waals surface area contributed by atoms with E-state index in [9.17, 15) is 4.79 Å². The number of nitrogens with one attached hydrogen (secondary N) is 1. The Kier molecular flexibility index (Phi) is 3.00. The molecule has 7 heteroatoms. The number of carboxylic acid groups (broad SMARTS) is 1. The molecular formula is C11H11N3O2S2. The average molecular weight is 281 g/mol. The lowest BCUT2D eigenvalue weighted by molar-refractivity contribution is -0.138. The van der Waals surface area contributed by atoms with Gasteiger partial charge in [-0.1, -0.05) is 0 Å². The number of carbonyl (C=O) groups is 1. The quantitative estimate of drug-likeness (QED) is 0.899. The molecule has 94 valence electrons. The van der Waals surface area contributed by atoms with Crippen LogP contribution in [0, 0.1) is 0 Å². The van der Waals surface area contributed by atoms with E-state index in [-0.39, 0.29) is 0 Å². The number of aliphatic carboxylic acids is 1. The molecule has 0 saturated heterocycles. The van der Waals surface area contributed by atoms with E-state index >= 15 is 0 Å². The molecule has 18 heavy (non-hydrogen) atoms. The van der Waals surface area contributed by atoms with E-state index in [0.29, 0.717) is 13.0 Å². The topological polar surface area (TPSA) is 75.1 Å². The molecule has 3 rings (SSSR count). The molecule has 0 aliphatic heterocycles. The average Bonchev–Trinajstić information content (AvgIpc) is 3.02. The second-order valence-electron chi connectivity index (χ2n) is 4.08. The Hall–Kier alpha value is -1.47. The Morgan fingerprint density at radius 2 is 2.50 bits per heavy atom. The first-order valence-corrected chi connectivity index (χ1v) is 7.27. The van der Waals surface area contributed by atoms with Crippen molar-refractivity contribution in [2.24, 2.45) is 0 Å². The van der Waals surface area contributed by atoms with Gasteiger partial charge in [0.25, 0.3) is 0 Å². The highest BCUT2D eigenvalue weighted by molar-refractivity contribution is 7.15. The van der Waals surface area contributed by atoms with Crippen LogP contribution in [0.25, 0.3) is 0 Å². The second kappa shape index (κ2) is 4.66. The van der Waals surface area contributed by atoms with Gasteiger partial charge in [-0.2, -0.15) is 0 Å². The normalized spacial score (nSPS) is 17.7. The Bertz CT molecular complexity index is 565. The summed E-state index contributed by atoms with van der Waals surface area (Å²) in [6, 6.07) is 0. The third kappa shape index (κ3) is 2.11. The van der Waals surface area contributed by atoms with Crippen LogP contribution in [0.3, 0.4) is 0 Å². The first-order chi connectivity index (χ1) is 8.74. The van der Waals surface area contributed by atoms with Crippen LogP contribution in [0.5, 0.6) is 0 Å². The van der Waals surface area contributed by atoms with E-state index in [2.05, 4.69) is 15.3 Å². The van der Waals surface area contributed by atoms with Crippen molar-refractivity contribution < 1.29 is 9.90 Å². The maximum absolute atomic E-state index is 11.1. The summed E-state index contributed by atoms with van der Waals surface area (Å²) in [5.41, 5.74) is 2.54. The first kappa shape index (κ1) is 11.6. The van der Waals surface area contributed by atoms with Crippen molar-refractivity contribution in [1.29, 1.82) is 0 Å². The van der Waals surface area contributed by atoms with Crippen molar-refractivity contribution in [2.45, 2.75) is 25.3 Å². The number of thiazole rings is 2. The molecule has 2 aromatic rings. The Balaban J connectivity index is 1.72. The lowest BCUT2D eigenvalue weighted by Crippen LogP contribution is -2.08. The zero-order valence-corrected chi connectivity index (χ0v) is 11.1. The van der Waals surface area contributed by atoms with Crippen molar-refractivity contribution >= 4 is 33.8 Å². The summed E-state index contributed by atoms with van der Waals surface area (Å²) in [7, 11) is 0. The van der Waals surface area contributed by atoms with Gasteiger partial charge in [-0.05, 0) is 12.8 Å². The number of aromatic nitrogens is 2. The minimum atomic E-state index is -0.770. The van der Waals surface area contributed by atoms with Crippen LogP contribution >= 0.6 is 22.7 Å². The number of nitrogens with zero attached hydrogens (tertiary/aromatic N) is 2. The molecule has 2 heterocycles. The van der Waals surface area contributed by atoms with E-state index in [1.165, 1.54) is 0 Å². The molecule has 0 radical (unpaired) electrons. The third-order valence-electron chi connectivity index (χ3n) is 2.91. The smallest absolute Gasteiger partial charge is 0.312 e. The predicted octanol–water partition coefficient (Wildman–Crippen LogP) is 2.33. The SMILES string of the molecule is O=C(O)C1CCc2sc(NCc3cncs3)nc21. The van der Waals surface area contributed by atoms with Gasteiger partial charge in [0, 0.05) is 16.0 Å². The number of anilines is 1. The molecule has 0 aromatic carbocycles. The van der Waals surface area contributed by atoms with E-state index < -0.39 is 11.9 Å². The number of carboxylic acids is 1. The molecule has 0 saturated carbocycles. The Morgan fingerprint density at radius 1 is 1.61 bits per heavy atom. The fraction of sp³-hybridized carbons (Fsp3) is 0.364. The molecule has 1 aliphatic carbocycles. The summed E-state index contributed by atoms with van der Waals surface area (Å²) in [5.74, 6) is -1.19. The minimum absolute atomic E-state index is 0.421. The number of hydrogen-bond donors (Lipinski definition) is 2. The molecule has 2 aromatic heterocycles. The van der Waals surface area contributed by atoms with Gasteiger partial charge < -0.3 is 10.4 Å². The van der Waals surface area contributed by atoms with E-state index in [4.69, 9.17) is 5.11 Å². The highest BCUT2D eigenvalue weighted by atomic mass is 32.1. The van der Waals surface area contributed by atoms with Crippen LogP contribution in [-0.4, -0.2) is 21.0 Å². The van der Waals surface area contributed by atoms with Crippen LogP contribution in [-0.2, 0) is 17.8 Å². The van der Waals surface area contributed by atoms with Crippen molar-refractivity contribution in [1.82, 2.24) is 9.97 Å². The maximum atomic E-state index is 11.1. The molecule has 0 bridgehead atoms. The van der Waals surface area contributed by atoms with Gasteiger partial charge in [-0.3, -0.25) is 9.78 Å². The molecular weight excluding hydrogens is 270 g/mol. The number of rotatable bonds is 4. The lowest BCUT2D eigenvalue weighted by Gasteiger charge is -2.02. The highest BCUT2D eigenvalue weighted by Crippen LogP contribution is 2.38. The zero-order chi connectivity index (χ0) is 12.5. The Morgan fingerprint density at radius 3 is 3.22 bits per heavy atom. The number of aryl methyl sites for hydroxylation is 1. The molecule has 0 fully saturated rings. The van der Waals surface area contributed by atoms with Gasteiger partial charge in [0.15, 0.2) is 5.13 Å². The van der Waals surface area contributed by atoms with E-state index in [1.54, 1.807) is 28.2 Å². The third-order valence-corrected chi connectivity index (χ3v) is 4.78. The van der Waals surface area contributed by atoms with Gasteiger partial charge in [0.2, 0.25) is 0 Å². The minimum Gasteiger partial charge on any atom is -0.481 e. The first-order valence-electron chi connectivity index (χ1n) is 5.57. The summed E-state index contributed by atoms with van der Waals surface area (Å²) in [4.78, 5) is 21.7. The van der Waals surface area contributed by atoms with Crippen molar-refractivity contribution in [3.63, 3.8) is 0 Å². The summed E-state index contributed by atoms with van der Waals surface area (Å²) < 4.78 is 0. The molecule has 5 nitrogen and oxygen atoms in total. The van der Waals surface area contributed by atoms with Crippen LogP contribution < -0.4 is 5.32 Å². The molecule has 1 aliphatic rings. The molecule has 1 atom stereocenters. The lowest BCUT2D eigenvalue weighted by atomic mass is 10.1. The van der Waals surface area contributed by atoms with Gasteiger partial charge >= 0.3 is 5.97 Å². The van der Waals surface area contributed by atoms with E-state index in [0.717, 1.165) is 27.0 Å². The standard InChI is InChI=1S/C11H11N3O2S2/c15-10(16)7-1-2-8-9(7)14-11(18-8)13-4-6-3-12-5-17-6/h3,5,7H,1-2,4H2,(H,13,14)(H,15,16). The molecule has 1 unspecified atom stereocenters. The van der Waals surface area contributed by atoms with Crippen LogP contribution in [0.1, 0.15) is 27.8 Å². The fourth-order valence-electron chi connectivity index (χ4n) is 2.04. The molecule has 2 N–H and O–H groups in total. The van der Waals surface area contributed by atoms with Crippen LogP contribution in [0.4, 0.5) is 5.13 Å². The number of hydrogen-bond acceptors (Lipinski definition) is 6. The summed E-state index contributed by atoms with van der Waals surface area (Å²) in [5, 5.41) is 13.1. The van der Waals surface area contributed by atoms with E-state index in [1.807, 2.05) is 6.20 Å². The van der Waals surface area contributed by atoms with Crippen LogP contribution in [0.2, 0.25) is 0 Å². The Labute approximate surface area is 112 Å². The second-order valence-corrected chi connectivity index (χ2v) is 6.13. The summed E-state index contributed by atoms with van der Waals surface area (Å²) in [6.45, 7) is 0.689. The highest BCUT2D eigenvalue weighted by Gasteiger charge is 2.32. The van der Waals surface area contributed by atoms with Gasteiger partial charge in [0.1, 0.15) is 5.92 Å². The van der Waals surface area contributed by atoms with Gasteiger partial charge in [-0.15, -0.1) is 22.7 Å². The summed E-state index contributed by atoms with van der Waals surface area (Å²) in [6.07, 6.45) is 3.32. The van der Waals surface area contributed by atoms with Crippen molar-refractivity contribution in [3.8, 4) is 0 Å². The number of fused-ring (bicyclic) bond motifs is 1. The van der Waals surface area contributed by atoms with Gasteiger partial charge in [0.05, 0.1) is 17.7 Å². The van der Waals surface area contributed by atoms with Crippen molar-refractivity contribution in [2.75, 3.05) is 5.32 Å². The predicted molar refractivity (Wildman–Crippen MR) is 70.3 cm³/mol. The largest absolute Gasteiger partial charge is 0.481 e. The molecule has 0 spiro atoms. The zero-order valence-electron chi connectivity index (χ0n) is 9.42.